The summed E-state index contributed by atoms with van der Waals surface area (Å²) >= 11 is 0. The van der Waals surface area contributed by atoms with Gasteiger partial charge in [-0.2, -0.15) is 0 Å². The zero-order valence-electron chi connectivity index (χ0n) is 17.0. The lowest BCUT2D eigenvalue weighted by Gasteiger charge is -2.03. The summed E-state index contributed by atoms with van der Waals surface area (Å²) < 4.78 is 0. The van der Waals surface area contributed by atoms with Gasteiger partial charge in [0.25, 0.3) is 0 Å². The molecule has 0 spiro atoms. The van der Waals surface area contributed by atoms with Crippen molar-refractivity contribution >= 4 is 16.5 Å². The third kappa shape index (κ3) is 22.9. The Morgan fingerprint density at radius 1 is 0.333 bits per heavy atom. The van der Waals surface area contributed by atoms with E-state index in [1.165, 1.54) is 128 Å². The fourth-order valence-electron chi connectivity index (χ4n) is 3.13. The maximum absolute atomic E-state index is 2.30. The van der Waals surface area contributed by atoms with Crippen molar-refractivity contribution in [3.05, 3.63) is 0 Å². The second kappa shape index (κ2) is 23.9. The van der Waals surface area contributed by atoms with Crippen LogP contribution in [0.1, 0.15) is 129 Å². The number of hydrogen-bond donors (Lipinski definition) is 0. The Morgan fingerprint density at radius 2 is 0.583 bits per heavy atom. The van der Waals surface area contributed by atoms with Gasteiger partial charge >= 0.3 is 0 Å². The molecule has 0 amide bonds. The molecule has 0 heterocycles. The summed E-state index contributed by atoms with van der Waals surface area (Å²) in [4.78, 5) is 0. The van der Waals surface area contributed by atoms with Crippen LogP contribution in [0.4, 0.5) is 0 Å². The van der Waals surface area contributed by atoms with Crippen LogP contribution in [-0.4, -0.2) is 12.3 Å². The summed E-state index contributed by atoms with van der Waals surface area (Å²) in [6.45, 7) is 4.60. The lowest BCUT2D eigenvalue weighted by molar-refractivity contribution is 0.573. The van der Waals surface area contributed by atoms with Crippen LogP contribution >= 0.6 is 16.5 Å². The van der Waals surface area contributed by atoms with Gasteiger partial charge in [-0.25, -0.2) is 0 Å². The van der Waals surface area contributed by atoms with E-state index in [-0.39, 0.29) is 0 Å². The number of hydrogen-bond acceptors (Lipinski definition) is 0. The predicted octanol–water partition coefficient (Wildman–Crippen LogP) is 9.86. The van der Waals surface area contributed by atoms with Crippen LogP contribution in [-0.2, 0) is 0 Å². The van der Waals surface area contributed by atoms with E-state index in [0.29, 0.717) is 0 Å². The summed E-state index contributed by atoms with van der Waals surface area (Å²) in [6.07, 6.45) is 29.2. The summed E-state index contributed by atoms with van der Waals surface area (Å²) in [5.74, 6) is 0. The molecule has 2 heteroatoms. The Hall–Kier alpha value is 0.860. The maximum atomic E-state index is 2.30. The van der Waals surface area contributed by atoms with Gasteiger partial charge in [0.1, 0.15) is 0 Å². The minimum Gasteiger partial charge on any atom is -0.0654 e. The van der Waals surface area contributed by atoms with Gasteiger partial charge in [0.05, 0.1) is 0 Å². The summed E-state index contributed by atoms with van der Waals surface area (Å²) in [5.41, 5.74) is 0. The molecular formula is C22H46P2. The first-order chi connectivity index (χ1) is 11.9. The monoisotopic (exact) mass is 372 g/mol. The van der Waals surface area contributed by atoms with E-state index in [0.717, 1.165) is 0 Å². The smallest absolute Gasteiger partial charge is 0.0242 e. The predicted molar refractivity (Wildman–Crippen MR) is 118 cm³/mol. The van der Waals surface area contributed by atoms with E-state index < -0.39 is 0 Å². The van der Waals surface area contributed by atoms with Crippen molar-refractivity contribution in [2.24, 2.45) is 0 Å². The van der Waals surface area contributed by atoms with Crippen LogP contribution in [0.2, 0.25) is 0 Å². The topological polar surface area (TPSA) is 0 Å². The first kappa shape index (κ1) is 24.9. The van der Waals surface area contributed by atoms with Crippen molar-refractivity contribution in [3.8, 4) is 0 Å². The molecule has 0 fully saturated rings. The Balaban J connectivity index is 2.93. The molecule has 0 bridgehead atoms. The van der Waals surface area contributed by atoms with Crippen molar-refractivity contribution < 1.29 is 0 Å². The zero-order valence-corrected chi connectivity index (χ0v) is 18.8. The summed E-state index contributed by atoms with van der Waals surface area (Å²) in [6, 6.07) is 0. The zero-order chi connectivity index (χ0) is 17.6. The molecule has 0 rings (SSSR count). The molecule has 0 saturated carbocycles. The molecule has 144 valence electrons. The number of unbranched alkanes of at least 4 members (excludes halogenated alkanes) is 16. The van der Waals surface area contributed by atoms with E-state index in [4.69, 9.17) is 0 Å². The van der Waals surface area contributed by atoms with Gasteiger partial charge in [-0.15, -0.1) is 0 Å². The number of rotatable bonds is 21. The van der Waals surface area contributed by atoms with Crippen LogP contribution in [0, 0.1) is 0 Å². The quantitative estimate of drug-likeness (QED) is 0.139. The maximum Gasteiger partial charge on any atom is -0.0242 e. The van der Waals surface area contributed by atoms with Gasteiger partial charge < -0.3 is 0 Å². The fourth-order valence-corrected chi connectivity index (χ4v) is 5.84. The van der Waals surface area contributed by atoms with Crippen LogP contribution in [0.3, 0.4) is 0 Å². The minimum absolute atomic E-state index is 1.37. The molecule has 0 aromatic carbocycles. The Bertz CT molecular complexity index is 184. The molecule has 0 atom stereocenters. The van der Waals surface area contributed by atoms with Gasteiger partial charge in [-0.05, 0) is 41.7 Å². The molecule has 0 saturated heterocycles. The van der Waals surface area contributed by atoms with Gasteiger partial charge in [0.15, 0.2) is 0 Å². The SMILES string of the molecule is CCCCCCCCCCC[P][P]CCCCCCCCCCC. The molecule has 0 aliphatic rings. The third-order valence-corrected chi connectivity index (χ3v) is 7.86. The van der Waals surface area contributed by atoms with Gasteiger partial charge in [-0.1, -0.05) is 117 Å². The molecule has 0 aliphatic carbocycles. The molecule has 0 unspecified atom stereocenters. The molecule has 0 aliphatic heterocycles. The Labute approximate surface area is 158 Å². The van der Waals surface area contributed by atoms with Crippen LogP contribution < -0.4 is 0 Å². The average molecular weight is 373 g/mol. The van der Waals surface area contributed by atoms with E-state index in [2.05, 4.69) is 13.8 Å². The highest BCUT2D eigenvalue weighted by atomic mass is 32.0. The molecule has 0 aromatic heterocycles. The molecule has 0 nitrogen and oxygen atoms in total. The third-order valence-electron chi connectivity index (χ3n) is 4.82. The van der Waals surface area contributed by atoms with Gasteiger partial charge in [-0.3, -0.25) is 0 Å². The lowest BCUT2D eigenvalue weighted by Crippen LogP contribution is -1.83. The van der Waals surface area contributed by atoms with Crippen LogP contribution in [0.15, 0.2) is 0 Å². The second-order valence-electron chi connectivity index (χ2n) is 7.39. The van der Waals surface area contributed by atoms with E-state index in [1.807, 2.05) is 0 Å². The molecule has 0 aromatic rings. The van der Waals surface area contributed by atoms with Gasteiger partial charge in [0.2, 0.25) is 0 Å². The standard InChI is InChI=1S/C22H46P2/c1-3-5-7-9-11-13-15-17-19-21-23-24-22-20-18-16-14-12-10-8-6-4-2/h3-22H2,1-2H3. The first-order valence-corrected chi connectivity index (χ1v) is 14.1. The second-order valence-corrected chi connectivity index (χ2v) is 10.5. The molecule has 2 radical (unpaired) electrons. The lowest BCUT2D eigenvalue weighted by atomic mass is 10.1. The van der Waals surface area contributed by atoms with Crippen LogP contribution in [0.5, 0.6) is 0 Å². The largest absolute Gasteiger partial charge is 0.0654 e. The summed E-state index contributed by atoms with van der Waals surface area (Å²) in [5, 5.41) is 0. The highest BCUT2D eigenvalue weighted by molar-refractivity contribution is 8.11. The first-order valence-electron chi connectivity index (χ1n) is 11.2. The van der Waals surface area contributed by atoms with E-state index in [9.17, 15) is 0 Å². The van der Waals surface area contributed by atoms with E-state index >= 15 is 0 Å². The van der Waals surface area contributed by atoms with Crippen molar-refractivity contribution in [2.75, 3.05) is 12.3 Å². The highest BCUT2D eigenvalue weighted by Gasteiger charge is 1.95. The minimum atomic E-state index is 1.37. The fraction of sp³-hybridized carbons (Fsp3) is 1.00. The van der Waals surface area contributed by atoms with Crippen molar-refractivity contribution in [1.29, 1.82) is 0 Å². The van der Waals surface area contributed by atoms with Crippen LogP contribution in [0.25, 0.3) is 0 Å². The molecular weight excluding hydrogens is 326 g/mol. The van der Waals surface area contributed by atoms with Crippen molar-refractivity contribution in [1.82, 2.24) is 0 Å². The van der Waals surface area contributed by atoms with Crippen molar-refractivity contribution in [3.63, 3.8) is 0 Å². The highest BCUT2D eigenvalue weighted by Crippen LogP contribution is 2.38. The Kier molecular flexibility index (Phi) is 24.7. The van der Waals surface area contributed by atoms with Gasteiger partial charge in [0, 0.05) is 0 Å². The normalized spacial score (nSPS) is 12.2. The summed E-state index contributed by atoms with van der Waals surface area (Å²) in [7, 11) is 3.41. The van der Waals surface area contributed by atoms with Crippen molar-refractivity contribution in [2.45, 2.75) is 129 Å². The average Bonchev–Trinajstić information content (AvgIpc) is 2.60. The molecule has 0 N–H and O–H groups in total. The van der Waals surface area contributed by atoms with E-state index in [1.54, 1.807) is 16.5 Å². The molecule has 24 heavy (non-hydrogen) atoms. The Morgan fingerprint density at radius 3 is 0.875 bits per heavy atom.